The second-order valence-electron chi connectivity index (χ2n) is 7.86. The summed E-state index contributed by atoms with van der Waals surface area (Å²) >= 11 is 0. The Morgan fingerprint density at radius 1 is 1.29 bits per heavy atom. The van der Waals surface area contributed by atoms with Crippen LogP contribution in [-0.4, -0.2) is 56.6 Å². The van der Waals surface area contributed by atoms with Crippen LogP contribution in [0.15, 0.2) is 40.9 Å². The normalized spacial score (nSPS) is 16.0. The fraction of sp³-hybridized carbons (Fsp3) is 0.526. The van der Waals surface area contributed by atoms with E-state index in [1.807, 2.05) is 0 Å². The van der Waals surface area contributed by atoms with Crippen molar-refractivity contribution in [1.29, 1.82) is 0 Å². The Kier molecular flexibility index (Phi) is 8.09. The second kappa shape index (κ2) is 9.98. The first-order valence-corrected chi connectivity index (χ1v) is 10.9. The van der Waals surface area contributed by atoms with Gasteiger partial charge < -0.3 is 10.4 Å². The Balaban J connectivity index is 1.88. The predicted octanol–water partition coefficient (Wildman–Crippen LogP) is 1.64. The monoisotopic (exact) mass is 465 g/mol. The van der Waals surface area contributed by atoms with E-state index in [1.54, 1.807) is 13.8 Å². The Hall–Kier alpha value is -2.15. The van der Waals surface area contributed by atoms with Gasteiger partial charge in [0.2, 0.25) is 15.9 Å². The minimum atomic E-state index is -4.64. The molecule has 1 aromatic carbocycles. The molecule has 0 radical (unpaired) electrons. The first kappa shape index (κ1) is 25.1. The van der Waals surface area contributed by atoms with Gasteiger partial charge in [0, 0.05) is 43.8 Å². The van der Waals surface area contributed by atoms with Gasteiger partial charge in [0.15, 0.2) is 6.61 Å². The standard InChI is InChI=1S/C19H26F3N3O5S/c1-18(2,13-26)12-23-17(27)11-30-24-15-6-8-25(9-7-15)31(28,29)16-5-3-4-14(10-16)19(20,21)22/h3-6,10,24,26H,7-9,11-13H2,1-2H3,(H,23,27). The minimum absolute atomic E-state index is 0.0393. The Bertz CT molecular complexity index is 917. The van der Waals surface area contributed by atoms with Crippen LogP contribution in [0.2, 0.25) is 0 Å². The molecule has 0 saturated heterocycles. The van der Waals surface area contributed by atoms with E-state index in [0.29, 0.717) is 11.8 Å². The van der Waals surface area contributed by atoms with Crippen LogP contribution in [-0.2, 0) is 25.8 Å². The van der Waals surface area contributed by atoms with Crippen molar-refractivity contribution in [2.24, 2.45) is 5.41 Å². The average molecular weight is 465 g/mol. The Morgan fingerprint density at radius 2 is 2.00 bits per heavy atom. The number of benzene rings is 1. The van der Waals surface area contributed by atoms with Gasteiger partial charge in [-0.3, -0.25) is 15.1 Å². The number of nitrogens with zero attached hydrogens (tertiary/aromatic N) is 1. The molecule has 0 unspecified atom stereocenters. The first-order valence-electron chi connectivity index (χ1n) is 9.47. The van der Waals surface area contributed by atoms with E-state index in [9.17, 15) is 26.4 Å². The van der Waals surface area contributed by atoms with Crippen LogP contribution in [0, 0.1) is 5.41 Å². The molecule has 0 aliphatic carbocycles. The number of alkyl halides is 3. The van der Waals surface area contributed by atoms with Gasteiger partial charge in [-0.1, -0.05) is 19.9 Å². The van der Waals surface area contributed by atoms with Gasteiger partial charge in [0.25, 0.3) is 0 Å². The number of aliphatic hydroxyl groups excluding tert-OH is 1. The topological polar surface area (TPSA) is 108 Å². The summed E-state index contributed by atoms with van der Waals surface area (Å²) in [5.74, 6) is -0.390. The highest BCUT2D eigenvalue weighted by molar-refractivity contribution is 7.89. The summed E-state index contributed by atoms with van der Waals surface area (Å²) in [6, 6.07) is 3.62. The molecular weight excluding hydrogens is 439 g/mol. The predicted molar refractivity (Wildman–Crippen MR) is 106 cm³/mol. The Morgan fingerprint density at radius 3 is 2.58 bits per heavy atom. The molecule has 0 atom stereocenters. The lowest BCUT2D eigenvalue weighted by Gasteiger charge is -2.26. The van der Waals surface area contributed by atoms with E-state index in [1.165, 1.54) is 6.08 Å². The van der Waals surface area contributed by atoms with Crippen molar-refractivity contribution in [3.8, 4) is 0 Å². The van der Waals surface area contributed by atoms with Gasteiger partial charge in [0.05, 0.1) is 10.5 Å². The molecule has 1 aliphatic rings. The Labute approximate surface area is 179 Å². The van der Waals surface area contributed by atoms with Gasteiger partial charge in [-0.2, -0.15) is 17.5 Å². The van der Waals surface area contributed by atoms with Gasteiger partial charge in [-0.25, -0.2) is 8.42 Å². The highest BCUT2D eigenvalue weighted by atomic mass is 32.2. The molecule has 0 bridgehead atoms. The lowest BCUT2D eigenvalue weighted by Crippen LogP contribution is -2.39. The number of hydroxylamine groups is 1. The molecule has 1 aliphatic heterocycles. The van der Waals surface area contributed by atoms with Crippen molar-refractivity contribution >= 4 is 15.9 Å². The van der Waals surface area contributed by atoms with Gasteiger partial charge >= 0.3 is 6.18 Å². The van der Waals surface area contributed by atoms with Crippen LogP contribution in [0.3, 0.4) is 0 Å². The van der Waals surface area contributed by atoms with Crippen LogP contribution in [0.5, 0.6) is 0 Å². The molecule has 12 heteroatoms. The number of carbonyl (C=O) groups is 1. The number of hydrogen-bond donors (Lipinski definition) is 3. The maximum absolute atomic E-state index is 12.9. The number of hydrogen-bond acceptors (Lipinski definition) is 6. The maximum Gasteiger partial charge on any atom is 0.416 e. The van der Waals surface area contributed by atoms with Crippen LogP contribution in [0.25, 0.3) is 0 Å². The summed E-state index contributed by atoms with van der Waals surface area (Å²) in [5, 5.41) is 11.8. The zero-order chi connectivity index (χ0) is 23.3. The lowest BCUT2D eigenvalue weighted by molar-refractivity contribution is -0.137. The van der Waals surface area contributed by atoms with E-state index in [-0.39, 0.29) is 45.2 Å². The minimum Gasteiger partial charge on any atom is -0.396 e. The summed E-state index contributed by atoms with van der Waals surface area (Å²) in [6.45, 7) is 3.47. The summed E-state index contributed by atoms with van der Waals surface area (Å²) in [6.07, 6.45) is -2.87. The molecule has 0 aromatic heterocycles. The SMILES string of the molecule is CC(C)(CO)CNC(=O)CONC1=CCN(S(=O)(=O)c2cccc(C(F)(F)F)c2)CC1. The third-order valence-electron chi connectivity index (χ3n) is 4.57. The quantitative estimate of drug-likeness (QED) is 0.479. The van der Waals surface area contributed by atoms with Gasteiger partial charge in [-0.15, -0.1) is 0 Å². The largest absolute Gasteiger partial charge is 0.416 e. The molecule has 0 fully saturated rings. The van der Waals surface area contributed by atoms with Gasteiger partial charge in [0.1, 0.15) is 0 Å². The fourth-order valence-electron chi connectivity index (χ4n) is 2.58. The molecule has 2 rings (SSSR count). The van der Waals surface area contributed by atoms with Gasteiger partial charge in [-0.05, 0) is 24.3 Å². The highest BCUT2D eigenvalue weighted by Gasteiger charge is 2.33. The number of carbonyl (C=O) groups excluding carboxylic acids is 1. The molecular formula is C19H26F3N3O5S. The third kappa shape index (κ3) is 7.20. The number of halogens is 3. The van der Waals surface area contributed by atoms with Crippen LogP contribution in [0.1, 0.15) is 25.8 Å². The van der Waals surface area contributed by atoms with E-state index in [0.717, 1.165) is 22.5 Å². The number of nitrogens with one attached hydrogen (secondary N) is 2. The number of amides is 1. The smallest absolute Gasteiger partial charge is 0.396 e. The lowest BCUT2D eigenvalue weighted by atomic mass is 9.95. The average Bonchev–Trinajstić information content (AvgIpc) is 2.72. The van der Waals surface area contributed by atoms with E-state index < -0.39 is 32.1 Å². The molecule has 31 heavy (non-hydrogen) atoms. The molecule has 1 amide bonds. The van der Waals surface area contributed by atoms with Crippen molar-refractivity contribution in [1.82, 2.24) is 15.1 Å². The number of rotatable bonds is 9. The molecule has 0 spiro atoms. The van der Waals surface area contributed by atoms with Crippen molar-refractivity contribution in [3.63, 3.8) is 0 Å². The van der Waals surface area contributed by atoms with Crippen molar-refractivity contribution < 1.29 is 36.3 Å². The van der Waals surface area contributed by atoms with E-state index in [4.69, 9.17) is 9.94 Å². The molecule has 8 nitrogen and oxygen atoms in total. The number of aliphatic hydroxyl groups is 1. The summed E-state index contributed by atoms with van der Waals surface area (Å²) in [5.41, 5.74) is 1.65. The highest BCUT2D eigenvalue weighted by Crippen LogP contribution is 2.31. The molecule has 3 N–H and O–H groups in total. The second-order valence-corrected chi connectivity index (χ2v) is 9.80. The molecule has 0 saturated carbocycles. The van der Waals surface area contributed by atoms with Crippen LogP contribution >= 0.6 is 0 Å². The zero-order valence-electron chi connectivity index (χ0n) is 17.2. The third-order valence-corrected chi connectivity index (χ3v) is 6.43. The van der Waals surface area contributed by atoms with Crippen molar-refractivity contribution in [2.75, 3.05) is 32.8 Å². The summed E-state index contributed by atoms with van der Waals surface area (Å²) in [4.78, 5) is 16.4. The van der Waals surface area contributed by atoms with E-state index >= 15 is 0 Å². The zero-order valence-corrected chi connectivity index (χ0v) is 18.0. The summed E-state index contributed by atoms with van der Waals surface area (Å²) in [7, 11) is -4.09. The fourth-order valence-corrected chi connectivity index (χ4v) is 4.01. The van der Waals surface area contributed by atoms with Crippen molar-refractivity contribution in [2.45, 2.75) is 31.3 Å². The number of sulfonamides is 1. The molecule has 174 valence electrons. The van der Waals surface area contributed by atoms with E-state index in [2.05, 4.69) is 10.8 Å². The first-order chi connectivity index (χ1) is 14.3. The van der Waals surface area contributed by atoms with Crippen LogP contribution in [0.4, 0.5) is 13.2 Å². The van der Waals surface area contributed by atoms with Crippen LogP contribution < -0.4 is 10.8 Å². The molecule has 1 heterocycles. The maximum atomic E-state index is 12.9. The molecule has 1 aromatic rings. The van der Waals surface area contributed by atoms with Crippen molar-refractivity contribution in [3.05, 3.63) is 41.6 Å². The summed E-state index contributed by atoms with van der Waals surface area (Å²) < 4.78 is 65.0.